The Kier molecular flexibility index (Phi) is 2.46. The van der Waals surface area contributed by atoms with Gasteiger partial charge in [0.1, 0.15) is 0 Å². The SMILES string of the molecule is Cc1nnn(C(C)C)c1C(C)(C)C. The maximum Gasteiger partial charge on any atom is 0.0833 e. The van der Waals surface area contributed by atoms with Crippen molar-refractivity contribution in [1.82, 2.24) is 15.0 Å². The minimum absolute atomic E-state index is 0.123. The summed E-state index contributed by atoms with van der Waals surface area (Å²) in [6.07, 6.45) is 0. The fraction of sp³-hybridized carbons (Fsp3) is 0.800. The van der Waals surface area contributed by atoms with Crippen molar-refractivity contribution in [3.05, 3.63) is 11.4 Å². The zero-order valence-electron chi connectivity index (χ0n) is 9.42. The average molecular weight is 181 g/mol. The molecular weight excluding hydrogens is 162 g/mol. The van der Waals surface area contributed by atoms with Crippen molar-refractivity contribution < 1.29 is 0 Å². The van der Waals surface area contributed by atoms with E-state index in [1.165, 1.54) is 5.69 Å². The van der Waals surface area contributed by atoms with Crippen LogP contribution >= 0.6 is 0 Å². The zero-order valence-corrected chi connectivity index (χ0v) is 9.42. The number of aryl methyl sites for hydroxylation is 1. The van der Waals surface area contributed by atoms with E-state index in [2.05, 4.69) is 44.9 Å². The molecule has 1 aromatic rings. The van der Waals surface area contributed by atoms with Gasteiger partial charge in [0.05, 0.1) is 11.4 Å². The molecule has 1 rings (SSSR count). The summed E-state index contributed by atoms with van der Waals surface area (Å²) in [5.41, 5.74) is 2.40. The molecule has 3 nitrogen and oxygen atoms in total. The molecule has 0 amide bonds. The van der Waals surface area contributed by atoms with E-state index in [0.29, 0.717) is 6.04 Å². The van der Waals surface area contributed by atoms with Crippen LogP contribution in [0.15, 0.2) is 0 Å². The Morgan fingerprint density at radius 3 is 2.08 bits per heavy atom. The highest BCUT2D eigenvalue weighted by Gasteiger charge is 2.23. The predicted octanol–water partition coefficient (Wildman–Crippen LogP) is 2.46. The third kappa shape index (κ3) is 1.90. The van der Waals surface area contributed by atoms with Crippen LogP contribution < -0.4 is 0 Å². The molecule has 3 heteroatoms. The van der Waals surface area contributed by atoms with Crippen LogP contribution in [0.3, 0.4) is 0 Å². The molecule has 0 aromatic carbocycles. The number of rotatable bonds is 1. The Bertz CT molecular complexity index is 292. The molecule has 0 atom stereocenters. The number of hydrogen-bond donors (Lipinski definition) is 0. The highest BCUT2D eigenvalue weighted by atomic mass is 15.4. The summed E-state index contributed by atoms with van der Waals surface area (Å²) in [4.78, 5) is 0. The lowest BCUT2D eigenvalue weighted by atomic mass is 9.90. The van der Waals surface area contributed by atoms with Crippen LogP contribution in [-0.2, 0) is 5.41 Å². The maximum atomic E-state index is 4.15. The van der Waals surface area contributed by atoms with Crippen molar-refractivity contribution in [2.75, 3.05) is 0 Å². The Labute approximate surface area is 80.1 Å². The van der Waals surface area contributed by atoms with E-state index < -0.39 is 0 Å². The molecule has 0 spiro atoms. The summed E-state index contributed by atoms with van der Waals surface area (Å²) in [7, 11) is 0. The molecule has 0 bridgehead atoms. The van der Waals surface area contributed by atoms with Gasteiger partial charge in [0, 0.05) is 11.5 Å². The van der Waals surface area contributed by atoms with Gasteiger partial charge in [-0.2, -0.15) is 0 Å². The van der Waals surface area contributed by atoms with Crippen molar-refractivity contribution >= 4 is 0 Å². The highest BCUT2D eigenvalue weighted by Crippen LogP contribution is 2.25. The fourth-order valence-electron chi connectivity index (χ4n) is 1.62. The Morgan fingerprint density at radius 1 is 1.23 bits per heavy atom. The van der Waals surface area contributed by atoms with Gasteiger partial charge in [-0.15, -0.1) is 5.10 Å². The van der Waals surface area contributed by atoms with Crippen LogP contribution in [0.25, 0.3) is 0 Å². The largest absolute Gasteiger partial charge is 0.246 e. The van der Waals surface area contributed by atoms with Crippen LogP contribution in [-0.4, -0.2) is 15.0 Å². The van der Waals surface area contributed by atoms with Crippen molar-refractivity contribution in [3.8, 4) is 0 Å². The zero-order chi connectivity index (χ0) is 10.2. The lowest BCUT2D eigenvalue weighted by Gasteiger charge is -2.22. The van der Waals surface area contributed by atoms with E-state index in [-0.39, 0.29) is 5.41 Å². The second-order valence-electron chi connectivity index (χ2n) is 4.81. The monoisotopic (exact) mass is 181 g/mol. The summed E-state index contributed by atoms with van der Waals surface area (Å²) in [6.45, 7) is 12.9. The third-order valence-electron chi connectivity index (χ3n) is 2.06. The molecule has 0 saturated heterocycles. The molecule has 0 fully saturated rings. The minimum atomic E-state index is 0.123. The van der Waals surface area contributed by atoms with Crippen LogP contribution in [0.5, 0.6) is 0 Å². The van der Waals surface area contributed by atoms with E-state index >= 15 is 0 Å². The van der Waals surface area contributed by atoms with Crippen LogP contribution in [0.1, 0.15) is 52.0 Å². The van der Waals surface area contributed by atoms with E-state index in [1.807, 2.05) is 11.6 Å². The van der Waals surface area contributed by atoms with Gasteiger partial charge >= 0.3 is 0 Å². The van der Waals surface area contributed by atoms with Gasteiger partial charge in [-0.1, -0.05) is 26.0 Å². The van der Waals surface area contributed by atoms with Gasteiger partial charge in [-0.25, -0.2) is 4.68 Å². The van der Waals surface area contributed by atoms with Crippen molar-refractivity contribution in [3.63, 3.8) is 0 Å². The molecule has 74 valence electrons. The van der Waals surface area contributed by atoms with Crippen LogP contribution in [0.4, 0.5) is 0 Å². The first-order chi connectivity index (χ1) is 5.84. The van der Waals surface area contributed by atoms with Crippen molar-refractivity contribution in [1.29, 1.82) is 0 Å². The van der Waals surface area contributed by atoms with Gasteiger partial charge in [-0.3, -0.25) is 0 Å². The lowest BCUT2D eigenvalue weighted by Crippen LogP contribution is -2.20. The molecule has 0 saturated carbocycles. The van der Waals surface area contributed by atoms with Gasteiger partial charge in [-0.05, 0) is 20.8 Å². The fourth-order valence-corrected chi connectivity index (χ4v) is 1.62. The summed E-state index contributed by atoms with van der Waals surface area (Å²) in [5, 5.41) is 8.27. The Balaban J connectivity index is 3.25. The lowest BCUT2D eigenvalue weighted by molar-refractivity contribution is 0.438. The first-order valence-corrected chi connectivity index (χ1v) is 4.76. The normalized spacial score (nSPS) is 12.5. The maximum absolute atomic E-state index is 4.15. The second kappa shape index (κ2) is 3.13. The first-order valence-electron chi connectivity index (χ1n) is 4.76. The minimum Gasteiger partial charge on any atom is -0.246 e. The van der Waals surface area contributed by atoms with E-state index in [4.69, 9.17) is 0 Å². The van der Waals surface area contributed by atoms with Crippen LogP contribution in [0.2, 0.25) is 0 Å². The molecule has 1 aromatic heterocycles. The van der Waals surface area contributed by atoms with E-state index in [0.717, 1.165) is 5.69 Å². The summed E-state index contributed by atoms with van der Waals surface area (Å²) >= 11 is 0. The summed E-state index contributed by atoms with van der Waals surface area (Å²) in [5.74, 6) is 0. The molecule has 13 heavy (non-hydrogen) atoms. The number of nitrogens with zero attached hydrogens (tertiary/aromatic N) is 3. The number of aromatic nitrogens is 3. The highest BCUT2D eigenvalue weighted by molar-refractivity contribution is 5.18. The van der Waals surface area contributed by atoms with Gasteiger partial charge < -0.3 is 0 Å². The predicted molar refractivity (Wildman–Crippen MR) is 53.8 cm³/mol. The van der Waals surface area contributed by atoms with Gasteiger partial charge in [0.25, 0.3) is 0 Å². The molecule has 0 N–H and O–H groups in total. The molecule has 0 aliphatic carbocycles. The topological polar surface area (TPSA) is 30.7 Å². The third-order valence-corrected chi connectivity index (χ3v) is 2.06. The smallest absolute Gasteiger partial charge is 0.0833 e. The van der Waals surface area contributed by atoms with Crippen molar-refractivity contribution in [2.45, 2.75) is 53.0 Å². The summed E-state index contributed by atoms with van der Waals surface area (Å²) in [6, 6.07) is 0.385. The molecule has 1 heterocycles. The number of hydrogen-bond acceptors (Lipinski definition) is 2. The second-order valence-corrected chi connectivity index (χ2v) is 4.81. The Hall–Kier alpha value is -0.860. The standard InChI is InChI=1S/C10H19N3/c1-7(2)13-9(10(4,5)6)8(3)11-12-13/h7H,1-6H3. The van der Waals surface area contributed by atoms with Crippen LogP contribution in [0, 0.1) is 6.92 Å². The quantitative estimate of drug-likeness (QED) is 0.666. The Morgan fingerprint density at radius 2 is 1.77 bits per heavy atom. The molecule has 0 unspecified atom stereocenters. The van der Waals surface area contributed by atoms with E-state index in [9.17, 15) is 0 Å². The molecule has 0 aliphatic rings. The average Bonchev–Trinajstić information content (AvgIpc) is 2.28. The van der Waals surface area contributed by atoms with E-state index in [1.54, 1.807) is 0 Å². The molecular formula is C10H19N3. The van der Waals surface area contributed by atoms with Gasteiger partial charge in [0.2, 0.25) is 0 Å². The molecule has 0 aliphatic heterocycles. The van der Waals surface area contributed by atoms with Crippen molar-refractivity contribution in [2.24, 2.45) is 0 Å². The molecule has 0 radical (unpaired) electrons. The first kappa shape index (κ1) is 10.2. The van der Waals surface area contributed by atoms with Gasteiger partial charge in [0.15, 0.2) is 0 Å². The summed E-state index contributed by atoms with van der Waals surface area (Å²) < 4.78 is 2.01.